The maximum absolute atomic E-state index is 12.8. The molecule has 60 valence electrons. The molecular formula is C8H7ClFLiO. The fourth-order valence-corrected chi connectivity index (χ4v) is 0.837. The van der Waals surface area contributed by atoms with Gasteiger partial charge in [0, 0.05) is 5.75 Å². The zero-order valence-electron chi connectivity index (χ0n) is 7.03. The molecule has 1 aromatic carbocycles. The first kappa shape index (κ1) is 11.8. The van der Waals surface area contributed by atoms with Gasteiger partial charge in [-0.05, 0) is 6.92 Å². The maximum atomic E-state index is 12.8. The summed E-state index contributed by atoms with van der Waals surface area (Å²) in [4.78, 5) is 0. The fraction of sp³-hybridized carbons (Fsp3) is 0.250. The van der Waals surface area contributed by atoms with Crippen LogP contribution >= 0.6 is 11.6 Å². The second-order valence-corrected chi connectivity index (χ2v) is 2.36. The van der Waals surface area contributed by atoms with Crippen LogP contribution in [0.25, 0.3) is 0 Å². The number of halogens is 2. The molecule has 12 heavy (non-hydrogen) atoms. The Morgan fingerprint density at radius 2 is 2.33 bits per heavy atom. The third-order valence-electron chi connectivity index (χ3n) is 1.11. The van der Waals surface area contributed by atoms with Gasteiger partial charge in [0.1, 0.15) is 0 Å². The third kappa shape index (κ3) is 3.06. The van der Waals surface area contributed by atoms with Gasteiger partial charge >= 0.3 is 18.9 Å². The van der Waals surface area contributed by atoms with E-state index in [9.17, 15) is 4.39 Å². The Balaban J connectivity index is 0.00000121. The molecule has 0 aromatic heterocycles. The molecule has 1 rings (SSSR count). The number of hydrogen-bond donors (Lipinski definition) is 0. The van der Waals surface area contributed by atoms with E-state index in [0.29, 0.717) is 11.6 Å². The van der Waals surface area contributed by atoms with Crippen molar-refractivity contribution in [2.24, 2.45) is 0 Å². The van der Waals surface area contributed by atoms with E-state index in [1.165, 1.54) is 12.1 Å². The molecule has 0 atom stereocenters. The molecule has 0 aliphatic carbocycles. The molecule has 0 bridgehead atoms. The van der Waals surface area contributed by atoms with Gasteiger partial charge in [0.2, 0.25) is 0 Å². The number of ether oxygens (including phenoxy) is 1. The van der Waals surface area contributed by atoms with E-state index in [2.05, 4.69) is 6.07 Å². The van der Waals surface area contributed by atoms with Crippen LogP contribution in [0.15, 0.2) is 12.1 Å². The Hall–Kier alpha value is -0.163. The summed E-state index contributed by atoms with van der Waals surface area (Å²) in [5.74, 6) is -0.351. The first-order valence-electron chi connectivity index (χ1n) is 3.23. The van der Waals surface area contributed by atoms with E-state index in [4.69, 9.17) is 16.3 Å². The summed E-state index contributed by atoms with van der Waals surface area (Å²) in [5.41, 5.74) is 0. The van der Waals surface area contributed by atoms with E-state index < -0.39 is 5.82 Å². The summed E-state index contributed by atoms with van der Waals surface area (Å²) in [6.45, 7) is 2.21. The predicted octanol–water partition coefficient (Wildman–Crippen LogP) is -0.318. The van der Waals surface area contributed by atoms with Gasteiger partial charge in [0.05, 0.1) is 12.4 Å². The van der Waals surface area contributed by atoms with E-state index in [1.807, 2.05) is 0 Å². The van der Waals surface area contributed by atoms with Crippen molar-refractivity contribution in [2.45, 2.75) is 6.92 Å². The quantitative estimate of drug-likeness (QED) is 0.448. The maximum Gasteiger partial charge on any atom is 1.00 e. The van der Waals surface area contributed by atoms with Crippen LogP contribution in [0.5, 0.6) is 5.75 Å². The summed E-state index contributed by atoms with van der Waals surface area (Å²) in [7, 11) is 0. The van der Waals surface area contributed by atoms with Crippen molar-refractivity contribution in [1.82, 2.24) is 0 Å². The second-order valence-electron chi connectivity index (χ2n) is 1.93. The van der Waals surface area contributed by atoms with Crippen LogP contribution in [-0.4, -0.2) is 6.61 Å². The van der Waals surface area contributed by atoms with Crippen LogP contribution in [0.3, 0.4) is 0 Å². The third-order valence-corrected chi connectivity index (χ3v) is 1.33. The predicted molar refractivity (Wildman–Crippen MR) is 41.4 cm³/mol. The first-order valence-corrected chi connectivity index (χ1v) is 3.61. The Kier molecular flexibility index (Phi) is 5.40. The Labute approximate surface area is 88.0 Å². The molecule has 0 amide bonds. The van der Waals surface area contributed by atoms with Gasteiger partial charge in [-0.25, -0.2) is 0 Å². The molecule has 0 aliphatic heterocycles. The zero-order chi connectivity index (χ0) is 8.27. The average Bonchev–Trinajstić information content (AvgIpc) is 1.95. The molecule has 0 fully saturated rings. The van der Waals surface area contributed by atoms with E-state index in [-0.39, 0.29) is 24.6 Å². The van der Waals surface area contributed by atoms with Crippen molar-refractivity contribution in [2.75, 3.05) is 6.61 Å². The van der Waals surface area contributed by atoms with Crippen molar-refractivity contribution >= 4 is 11.6 Å². The van der Waals surface area contributed by atoms with Crippen LogP contribution in [0.2, 0.25) is 5.02 Å². The summed E-state index contributed by atoms with van der Waals surface area (Å²) < 4.78 is 17.7. The van der Waals surface area contributed by atoms with Gasteiger partial charge < -0.3 is 4.74 Å². The number of benzene rings is 1. The molecule has 0 aliphatic rings. The van der Waals surface area contributed by atoms with Crippen LogP contribution in [0.4, 0.5) is 4.39 Å². The molecule has 0 N–H and O–H groups in total. The monoisotopic (exact) mass is 180 g/mol. The Bertz CT molecular complexity index is 255. The van der Waals surface area contributed by atoms with Crippen LogP contribution < -0.4 is 23.6 Å². The fourth-order valence-electron chi connectivity index (χ4n) is 0.687. The van der Waals surface area contributed by atoms with Crippen molar-refractivity contribution in [1.29, 1.82) is 0 Å². The smallest absolute Gasteiger partial charge is 0.517 e. The number of hydrogen-bond acceptors (Lipinski definition) is 1. The molecule has 1 aromatic rings. The van der Waals surface area contributed by atoms with Crippen molar-refractivity contribution in [3.05, 3.63) is 29.0 Å². The minimum atomic E-state index is -0.473. The van der Waals surface area contributed by atoms with Crippen molar-refractivity contribution in [3.63, 3.8) is 0 Å². The van der Waals surface area contributed by atoms with Gasteiger partial charge in [-0.3, -0.25) is 4.39 Å². The minimum Gasteiger partial charge on any atom is -0.517 e. The molecular weight excluding hydrogens is 173 g/mol. The van der Waals surface area contributed by atoms with Gasteiger partial charge in [0.15, 0.2) is 0 Å². The van der Waals surface area contributed by atoms with Gasteiger partial charge in [-0.15, -0.1) is 12.1 Å². The standard InChI is InChI=1S/C8H7ClFO.Li/c1-2-11-8-4-3-6(9)5-7(8)10;/h3,5H,2H2,1H3;/q-1;+1. The van der Waals surface area contributed by atoms with Crippen LogP contribution in [0.1, 0.15) is 6.92 Å². The molecule has 0 saturated heterocycles. The molecule has 4 heteroatoms. The molecule has 0 unspecified atom stereocenters. The first-order chi connectivity index (χ1) is 5.24. The largest absolute Gasteiger partial charge is 1.00 e. The summed E-state index contributed by atoms with van der Waals surface area (Å²) in [6.07, 6.45) is 0. The van der Waals surface area contributed by atoms with E-state index in [1.54, 1.807) is 6.92 Å². The summed E-state index contributed by atoms with van der Waals surface area (Å²) in [6, 6.07) is 5.24. The van der Waals surface area contributed by atoms with Gasteiger partial charge in [-0.2, -0.15) is 17.7 Å². The second kappa shape index (κ2) is 5.48. The molecule has 1 nitrogen and oxygen atoms in total. The van der Waals surface area contributed by atoms with Gasteiger partial charge in [-0.1, -0.05) is 5.02 Å². The molecule has 0 heterocycles. The summed E-state index contributed by atoms with van der Waals surface area (Å²) >= 11 is 5.49. The Morgan fingerprint density at radius 1 is 1.67 bits per heavy atom. The molecule has 0 saturated carbocycles. The van der Waals surface area contributed by atoms with Gasteiger partial charge in [0.25, 0.3) is 0 Å². The zero-order valence-corrected chi connectivity index (χ0v) is 7.78. The summed E-state index contributed by atoms with van der Waals surface area (Å²) in [5, 5.41) is 0.325. The van der Waals surface area contributed by atoms with E-state index >= 15 is 0 Å². The molecule has 0 radical (unpaired) electrons. The van der Waals surface area contributed by atoms with Crippen molar-refractivity contribution in [3.8, 4) is 5.75 Å². The average molecular weight is 181 g/mol. The topological polar surface area (TPSA) is 9.23 Å². The van der Waals surface area contributed by atoms with Crippen LogP contribution in [-0.2, 0) is 0 Å². The van der Waals surface area contributed by atoms with Crippen LogP contribution in [0, 0.1) is 11.9 Å². The normalized spacial score (nSPS) is 8.92. The van der Waals surface area contributed by atoms with E-state index in [0.717, 1.165) is 0 Å². The Morgan fingerprint density at radius 3 is 2.83 bits per heavy atom. The SMILES string of the molecule is CCOc1[c-]cc(Cl)cc1F.[Li+]. The molecule has 0 spiro atoms. The number of rotatable bonds is 2. The minimum absolute atomic E-state index is 0. The van der Waals surface area contributed by atoms with Crippen molar-refractivity contribution < 1.29 is 28.0 Å².